The predicted molar refractivity (Wildman–Crippen MR) is 70.5 cm³/mol. The van der Waals surface area contributed by atoms with Crippen LogP contribution in [0.25, 0.3) is 0 Å². The topological polar surface area (TPSA) is 55.6 Å². The van der Waals surface area contributed by atoms with E-state index in [4.69, 9.17) is 10.5 Å². The Morgan fingerprint density at radius 1 is 1.44 bits per heavy atom. The van der Waals surface area contributed by atoms with Crippen molar-refractivity contribution in [3.05, 3.63) is 29.8 Å². The number of benzene rings is 1. The summed E-state index contributed by atoms with van der Waals surface area (Å²) in [6, 6.07) is 7.90. The average molecular weight is 248 g/mol. The first-order valence-electron chi connectivity index (χ1n) is 6.39. The van der Waals surface area contributed by atoms with Crippen molar-refractivity contribution in [2.45, 2.75) is 25.8 Å². The second-order valence-electron chi connectivity index (χ2n) is 4.72. The fraction of sp³-hybridized carbons (Fsp3) is 0.500. The molecule has 4 nitrogen and oxygen atoms in total. The number of nitrogens with zero attached hydrogens (tertiary/aromatic N) is 1. The zero-order valence-corrected chi connectivity index (χ0v) is 10.8. The van der Waals surface area contributed by atoms with Crippen molar-refractivity contribution in [2.24, 2.45) is 5.73 Å². The number of ether oxygens (including phenoxy) is 1. The van der Waals surface area contributed by atoms with E-state index in [1.807, 2.05) is 36.1 Å². The van der Waals surface area contributed by atoms with Gasteiger partial charge in [0.15, 0.2) is 6.61 Å². The van der Waals surface area contributed by atoms with Crippen LogP contribution in [-0.2, 0) is 4.79 Å². The maximum Gasteiger partial charge on any atom is 0.260 e. The van der Waals surface area contributed by atoms with Crippen LogP contribution in [0.2, 0.25) is 0 Å². The molecule has 0 radical (unpaired) electrons. The van der Waals surface area contributed by atoms with Crippen LogP contribution in [-0.4, -0.2) is 36.5 Å². The first-order chi connectivity index (χ1) is 8.70. The monoisotopic (exact) mass is 248 g/mol. The second-order valence-corrected chi connectivity index (χ2v) is 4.72. The minimum atomic E-state index is 0.0310. The third kappa shape index (κ3) is 3.01. The lowest BCUT2D eigenvalue weighted by atomic mass is 10.2. The third-order valence-electron chi connectivity index (χ3n) is 3.35. The van der Waals surface area contributed by atoms with Gasteiger partial charge >= 0.3 is 0 Å². The van der Waals surface area contributed by atoms with E-state index in [1.165, 1.54) is 5.56 Å². The highest BCUT2D eigenvalue weighted by atomic mass is 16.5. The molecule has 0 aromatic heterocycles. The first-order valence-corrected chi connectivity index (χ1v) is 6.39. The molecule has 1 amide bonds. The van der Waals surface area contributed by atoms with Crippen LogP contribution >= 0.6 is 0 Å². The van der Waals surface area contributed by atoms with Gasteiger partial charge in [-0.3, -0.25) is 4.79 Å². The number of hydrogen-bond donors (Lipinski definition) is 1. The molecule has 1 heterocycles. The van der Waals surface area contributed by atoms with Crippen LogP contribution in [0.5, 0.6) is 5.75 Å². The SMILES string of the molecule is Cc1ccc(OCC(=O)N2CCC[C@@H]2CN)cc1. The number of carbonyl (C=O) groups excluding carboxylic acids is 1. The Balaban J connectivity index is 1.86. The number of hydrogen-bond acceptors (Lipinski definition) is 3. The molecular weight excluding hydrogens is 228 g/mol. The van der Waals surface area contributed by atoms with Crippen molar-refractivity contribution in [3.63, 3.8) is 0 Å². The van der Waals surface area contributed by atoms with Crippen molar-refractivity contribution in [1.82, 2.24) is 4.90 Å². The van der Waals surface area contributed by atoms with E-state index >= 15 is 0 Å². The lowest BCUT2D eigenvalue weighted by Crippen LogP contribution is -2.42. The Kier molecular flexibility index (Phi) is 4.20. The molecule has 1 atom stereocenters. The summed E-state index contributed by atoms with van der Waals surface area (Å²) in [7, 11) is 0. The zero-order chi connectivity index (χ0) is 13.0. The molecule has 18 heavy (non-hydrogen) atoms. The predicted octanol–water partition coefficient (Wildman–Crippen LogP) is 1.32. The molecule has 0 spiro atoms. The number of rotatable bonds is 4. The van der Waals surface area contributed by atoms with Gasteiger partial charge in [0.1, 0.15) is 5.75 Å². The summed E-state index contributed by atoms with van der Waals surface area (Å²) in [4.78, 5) is 13.8. The number of likely N-dealkylation sites (tertiary alicyclic amines) is 1. The average Bonchev–Trinajstić information content (AvgIpc) is 2.86. The van der Waals surface area contributed by atoms with Crippen LogP contribution in [0.3, 0.4) is 0 Å². The molecule has 1 saturated heterocycles. The first kappa shape index (κ1) is 12.9. The fourth-order valence-electron chi connectivity index (χ4n) is 2.27. The lowest BCUT2D eigenvalue weighted by Gasteiger charge is -2.23. The van der Waals surface area contributed by atoms with Crippen LogP contribution in [0, 0.1) is 6.92 Å². The van der Waals surface area contributed by atoms with Gasteiger partial charge in [-0.1, -0.05) is 17.7 Å². The van der Waals surface area contributed by atoms with Gasteiger partial charge in [-0.25, -0.2) is 0 Å². The van der Waals surface area contributed by atoms with Gasteiger partial charge in [-0.2, -0.15) is 0 Å². The lowest BCUT2D eigenvalue weighted by molar-refractivity contribution is -0.134. The number of nitrogens with two attached hydrogens (primary N) is 1. The van der Waals surface area contributed by atoms with E-state index in [1.54, 1.807) is 0 Å². The van der Waals surface area contributed by atoms with Gasteiger partial charge in [0.25, 0.3) is 5.91 Å². The maximum atomic E-state index is 12.0. The molecule has 2 N–H and O–H groups in total. The molecule has 0 bridgehead atoms. The highest BCUT2D eigenvalue weighted by Gasteiger charge is 2.27. The number of amides is 1. The van der Waals surface area contributed by atoms with Crippen LogP contribution < -0.4 is 10.5 Å². The molecule has 4 heteroatoms. The minimum Gasteiger partial charge on any atom is -0.484 e. The van der Waals surface area contributed by atoms with Crippen molar-refractivity contribution in [3.8, 4) is 5.75 Å². The maximum absolute atomic E-state index is 12.0. The standard InChI is InChI=1S/C14H20N2O2/c1-11-4-6-13(7-5-11)18-10-14(17)16-8-2-3-12(16)9-15/h4-7,12H,2-3,8-10,15H2,1H3/t12-/m1/s1. The summed E-state index contributed by atoms with van der Waals surface area (Å²) < 4.78 is 5.50. The molecule has 1 aliphatic heterocycles. The highest BCUT2D eigenvalue weighted by molar-refractivity contribution is 5.78. The van der Waals surface area contributed by atoms with Gasteiger partial charge in [0.05, 0.1) is 0 Å². The third-order valence-corrected chi connectivity index (χ3v) is 3.35. The van der Waals surface area contributed by atoms with Crippen LogP contribution in [0.15, 0.2) is 24.3 Å². The molecular formula is C14H20N2O2. The quantitative estimate of drug-likeness (QED) is 0.874. The van der Waals surface area contributed by atoms with Gasteiger partial charge in [0, 0.05) is 19.1 Å². The highest BCUT2D eigenvalue weighted by Crippen LogP contribution is 2.17. The molecule has 1 aromatic carbocycles. The number of carbonyl (C=O) groups is 1. The Morgan fingerprint density at radius 3 is 2.83 bits per heavy atom. The Hall–Kier alpha value is -1.55. The zero-order valence-electron chi connectivity index (χ0n) is 10.8. The minimum absolute atomic E-state index is 0.0310. The van der Waals surface area contributed by atoms with E-state index in [0.717, 1.165) is 25.1 Å². The largest absolute Gasteiger partial charge is 0.484 e. The number of aryl methyl sites for hydroxylation is 1. The van der Waals surface area contributed by atoms with Crippen molar-refractivity contribution in [1.29, 1.82) is 0 Å². The summed E-state index contributed by atoms with van der Waals surface area (Å²) >= 11 is 0. The normalized spacial score (nSPS) is 19.0. The molecule has 0 aliphatic carbocycles. The van der Waals surface area contributed by atoms with Gasteiger partial charge in [0.2, 0.25) is 0 Å². The summed E-state index contributed by atoms with van der Waals surface area (Å²) in [6.07, 6.45) is 2.05. The van der Waals surface area contributed by atoms with Crippen molar-refractivity contribution < 1.29 is 9.53 Å². The van der Waals surface area contributed by atoms with E-state index < -0.39 is 0 Å². The smallest absolute Gasteiger partial charge is 0.260 e. The summed E-state index contributed by atoms with van der Waals surface area (Å²) in [5.74, 6) is 0.765. The molecule has 2 rings (SSSR count). The van der Waals surface area contributed by atoms with E-state index in [0.29, 0.717) is 6.54 Å². The van der Waals surface area contributed by atoms with Crippen molar-refractivity contribution >= 4 is 5.91 Å². The summed E-state index contributed by atoms with van der Waals surface area (Å²) in [6.45, 7) is 3.46. The molecule has 1 fully saturated rings. The Morgan fingerprint density at radius 2 is 2.17 bits per heavy atom. The second kappa shape index (κ2) is 5.87. The van der Waals surface area contributed by atoms with Gasteiger partial charge in [-0.15, -0.1) is 0 Å². The summed E-state index contributed by atoms with van der Waals surface area (Å²) in [5.41, 5.74) is 6.83. The Bertz CT molecular complexity index is 403. The molecule has 1 aliphatic rings. The Labute approximate surface area is 108 Å². The summed E-state index contributed by atoms with van der Waals surface area (Å²) in [5, 5.41) is 0. The fourth-order valence-corrected chi connectivity index (χ4v) is 2.27. The molecule has 98 valence electrons. The van der Waals surface area contributed by atoms with Gasteiger partial charge < -0.3 is 15.4 Å². The van der Waals surface area contributed by atoms with Crippen molar-refractivity contribution in [2.75, 3.05) is 19.7 Å². The van der Waals surface area contributed by atoms with E-state index in [9.17, 15) is 4.79 Å². The van der Waals surface area contributed by atoms with E-state index in [-0.39, 0.29) is 18.6 Å². The molecule has 1 aromatic rings. The van der Waals surface area contributed by atoms with Gasteiger partial charge in [-0.05, 0) is 31.9 Å². The van der Waals surface area contributed by atoms with Crippen LogP contribution in [0.4, 0.5) is 0 Å². The molecule has 0 saturated carbocycles. The van der Waals surface area contributed by atoms with E-state index in [2.05, 4.69) is 0 Å². The molecule has 0 unspecified atom stereocenters. The van der Waals surface area contributed by atoms with Crippen LogP contribution in [0.1, 0.15) is 18.4 Å².